The zero-order valence-corrected chi connectivity index (χ0v) is 9.16. The summed E-state index contributed by atoms with van der Waals surface area (Å²) in [5, 5.41) is 0. The van der Waals surface area contributed by atoms with Gasteiger partial charge < -0.3 is 0 Å². The average molecular weight is 309 g/mol. The summed E-state index contributed by atoms with van der Waals surface area (Å²) in [5.74, 6) is 0. The molecule has 0 spiro atoms. The van der Waals surface area contributed by atoms with Gasteiger partial charge in [-0.3, -0.25) is 0 Å². The van der Waals surface area contributed by atoms with E-state index in [2.05, 4.69) is 4.99 Å². The number of nitrogens with zero attached hydrogens (tertiary/aromatic N) is 1. The standard InChI is InChI=1S/C10H4F9N/c11-8(12,13)5-1-3-6(4-2-5)20-7(9(14,15)16)10(17,18)19/h1-4H. The molecule has 0 aliphatic heterocycles. The van der Waals surface area contributed by atoms with Crippen LogP contribution in [0.3, 0.4) is 0 Å². The molecule has 0 aliphatic carbocycles. The second-order valence-corrected chi connectivity index (χ2v) is 3.50. The van der Waals surface area contributed by atoms with Gasteiger partial charge >= 0.3 is 18.5 Å². The molecule has 0 fully saturated rings. The Hall–Kier alpha value is -1.74. The van der Waals surface area contributed by atoms with E-state index in [1.807, 2.05) is 0 Å². The van der Waals surface area contributed by atoms with Gasteiger partial charge in [0.2, 0.25) is 5.71 Å². The minimum absolute atomic E-state index is 0.337. The molecule has 0 radical (unpaired) electrons. The monoisotopic (exact) mass is 309 g/mol. The van der Waals surface area contributed by atoms with Gasteiger partial charge in [-0.05, 0) is 24.3 Å². The van der Waals surface area contributed by atoms with E-state index in [4.69, 9.17) is 0 Å². The van der Waals surface area contributed by atoms with Gasteiger partial charge in [0.15, 0.2) is 0 Å². The van der Waals surface area contributed by atoms with Gasteiger partial charge in [-0.15, -0.1) is 0 Å². The number of benzene rings is 1. The third-order valence-electron chi connectivity index (χ3n) is 1.97. The van der Waals surface area contributed by atoms with Crippen molar-refractivity contribution in [1.29, 1.82) is 0 Å². The van der Waals surface area contributed by atoms with Gasteiger partial charge in [-0.1, -0.05) is 0 Å². The van der Waals surface area contributed by atoms with Crippen LogP contribution in [0.15, 0.2) is 29.3 Å². The van der Waals surface area contributed by atoms with Crippen LogP contribution in [0.1, 0.15) is 5.56 Å². The normalized spacial score (nSPS) is 13.2. The molecule has 1 aromatic rings. The number of aliphatic imine (C=N–C) groups is 1. The molecule has 112 valence electrons. The number of alkyl halides is 9. The molecular formula is C10H4F9N. The van der Waals surface area contributed by atoms with Crippen LogP contribution >= 0.6 is 0 Å². The first-order valence-corrected chi connectivity index (χ1v) is 4.72. The van der Waals surface area contributed by atoms with Crippen molar-refractivity contribution < 1.29 is 39.5 Å². The molecule has 0 unspecified atom stereocenters. The van der Waals surface area contributed by atoms with Crippen molar-refractivity contribution in [1.82, 2.24) is 0 Å². The van der Waals surface area contributed by atoms with E-state index in [0.717, 1.165) is 0 Å². The van der Waals surface area contributed by atoms with E-state index in [1.165, 1.54) is 0 Å². The van der Waals surface area contributed by atoms with Crippen molar-refractivity contribution >= 4 is 11.4 Å². The van der Waals surface area contributed by atoms with Gasteiger partial charge in [0.25, 0.3) is 0 Å². The molecular weight excluding hydrogens is 305 g/mol. The molecule has 0 aromatic heterocycles. The molecule has 0 N–H and O–H groups in total. The number of hydrogen-bond acceptors (Lipinski definition) is 1. The average Bonchev–Trinajstić information content (AvgIpc) is 2.22. The summed E-state index contributed by atoms with van der Waals surface area (Å²) in [6.45, 7) is 0. The predicted molar refractivity (Wildman–Crippen MR) is 50.6 cm³/mol. The van der Waals surface area contributed by atoms with Gasteiger partial charge in [-0.25, -0.2) is 4.99 Å². The Balaban J connectivity index is 3.20. The number of rotatable bonds is 1. The molecule has 0 bridgehead atoms. The summed E-state index contributed by atoms with van der Waals surface area (Å²) in [4.78, 5) is 2.32. The first-order chi connectivity index (χ1) is 8.82. The number of hydrogen-bond donors (Lipinski definition) is 0. The third kappa shape index (κ3) is 4.14. The van der Waals surface area contributed by atoms with Crippen LogP contribution in [0.25, 0.3) is 0 Å². The molecule has 1 aromatic carbocycles. The Bertz CT molecular complexity index is 473. The maximum absolute atomic E-state index is 12.2. The van der Waals surface area contributed by atoms with E-state index in [0.29, 0.717) is 24.3 Å². The molecule has 1 nitrogen and oxygen atoms in total. The molecule has 0 saturated heterocycles. The summed E-state index contributed by atoms with van der Waals surface area (Å²) in [6.07, 6.45) is -16.3. The molecule has 0 heterocycles. The summed E-state index contributed by atoms with van der Waals surface area (Å²) in [5.41, 5.74) is -5.13. The zero-order chi connectivity index (χ0) is 15.8. The summed E-state index contributed by atoms with van der Waals surface area (Å²) < 4.78 is 109. The Kier molecular flexibility index (Phi) is 4.07. The summed E-state index contributed by atoms with van der Waals surface area (Å²) in [7, 11) is 0. The van der Waals surface area contributed by atoms with Gasteiger partial charge in [0, 0.05) is 0 Å². The SMILES string of the molecule is FC(F)(F)C(=Nc1ccc(C(F)(F)F)cc1)C(F)(F)F. The van der Waals surface area contributed by atoms with E-state index in [9.17, 15) is 39.5 Å². The number of halogens is 9. The van der Waals surface area contributed by atoms with Crippen LogP contribution in [0.4, 0.5) is 45.2 Å². The largest absolute Gasteiger partial charge is 0.438 e. The van der Waals surface area contributed by atoms with Crippen LogP contribution in [0.2, 0.25) is 0 Å². The first-order valence-electron chi connectivity index (χ1n) is 4.72. The van der Waals surface area contributed by atoms with Crippen molar-refractivity contribution in [3.63, 3.8) is 0 Å². The second-order valence-electron chi connectivity index (χ2n) is 3.50. The highest BCUT2D eigenvalue weighted by Crippen LogP contribution is 2.34. The quantitative estimate of drug-likeness (QED) is 0.517. The minimum atomic E-state index is -5.76. The Morgan fingerprint density at radius 2 is 1.10 bits per heavy atom. The van der Waals surface area contributed by atoms with Gasteiger partial charge in [0.1, 0.15) is 0 Å². The maximum Gasteiger partial charge on any atom is 0.438 e. The highest BCUT2D eigenvalue weighted by molar-refractivity contribution is 5.96. The van der Waals surface area contributed by atoms with Crippen molar-refractivity contribution in [2.45, 2.75) is 18.5 Å². The molecule has 20 heavy (non-hydrogen) atoms. The second kappa shape index (κ2) is 4.98. The van der Waals surface area contributed by atoms with Crippen LogP contribution in [-0.4, -0.2) is 18.1 Å². The smallest absolute Gasteiger partial charge is 0.240 e. The van der Waals surface area contributed by atoms with Crippen molar-refractivity contribution in [2.24, 2.45) is 4.99 Å². The zero-order valence-electron chi connectivity index (χ0n) is 9.16. The van der Waals surface area contributed by atoms with Crippen molar-refractivity contribution in [3.8, 4) is 0 Å². The topological polar surface area (TPSA) is 12.4 Å². The van der Waals surface area contributed by atoms with E-state index in [-0.39, 0.29) is 0 Å². The Morgan fingerprint density at radius 1 is 0.700 bits per heavy atom. The van der Waals surface area contributed by atoms with Crippen LogP contribution in [0, 0.1) is 0 Å². The van der Waals surface area contributed by atoms with Crippen LogP contribution in [0.5, 0.6) is 0 Å². The fraction of sp³-hybridized carbons (Fsp3) is 0.300. The lowest BCUT2D eigenvalue weighted by molar-refractivity contribution is -0.137. The maximum atomic E-state index is 12.2. The third-order valence-corrected chi connectivity index (χ3v) is 1.97. The lowest BCUT2D eigenvalue weighted by atomic mass is 10.2. The molecule has 0 amide bonds. The highest BCUT2D eigenvalue weighted by Gasteiger charge is 2.53. The highest BCUT2D eigenvalue weighted by atomic mass is 19.4. The van der Waals surface area contributed by atoms with Crippen molar-refractivity contribution in [2.75, 3.05) is 0 Å². The predicted octanol–water partition coefficient (Wildman–Crippen LogP) is 4.90. The molecule has 0 aliphatic rings. The fourth-order valence-corrected chi connectivity index (χ4v) is 1.14. The van der Waals surface area contributed by atoms with E-state index < -0.39 is 35.5 Å². The van der Waals surface area contributed by atoms with E-state index >= 15 is 0 Å². The molecule has 0 atom stereocenters. The Morgan fingerprint density at radius 3 is 1.40 bits per heavy atom. The fourth-order valence-electron chi connectivity index (χ4n) is 1.14. The first kappa shape index (κ1) is 16.3. The van der Waals surface area contributed by atoms with Gasteiger partial charge in [0.05, 0.1) is 11.3 Å². The van der Waals surface area contributed by atoms with E-state index in [1.54, 1.807) is 0 Å². The Labute approximate surface area is 105 Å². The van der Waals surface area contributed by atoms with Crippen molar-refractivity contribution in [3.05, 3.63) is 29.8 Å². The minimum Gasteiger partial charge on any atom is -0.240 e. The van der Waals surface area contributed by atoms with Crippen LogP contribution in [-0.2, 0) is 6.18 Å². The summed E-state index contributed by atoms with van der Waals surface area (Å²) >= 11 is 0. The van der Waals surface area contributed by atoms with Gasteiger partial charge in [-0.2, -0.15) is 39.5 Å². The lowest BCUT2D eigenvalue weighted by Crippen LogP contribution is -2.36. The molecule has 0 saturated carbocycles. The van der Waals surface area contributed by atoms with Crippen LogP contribution < -0.4 is 0 Å². The molecule has 1 rings (SSSR count). The summed E-state index contributed by atoms with van der Waals surface area (Å²) in [6, 6.07) is 1.51. The lowest BCUT2D eigenvalue weighted by Gasteiger charge is -2.13. The molecule has 10 heteroatoms.